The van der Waals surface area contributed by atoms with Gasteiger partial charge < -0.3 is 5.11 Å². The normalized spacial score (nSPS) is 11.5. The first-order valence-corrected chi connectivity index (χ1v) is 4.92. The van der Waals surface area contributed by atoms with Crippen LogP contribution in [0, 0.1) is 3.57 Å². The lowest BCUT2D eigenvalue weighted by Crippen LogP contribution is -2.10. The molecule has 82 valence electrons. The van der Waals surface area contributed by atoms with Crippen LogP contribution in [0.3, 0.4) is 0 Å². The van der Waals surface area contributed by atoms with Gasteiger partial charge in [0.15, 0.2) is 5.78 Å². The fourth-order valence-electron chi connectivity index (χ4n) is 1.07. The second kappa shape index (κ2) is 3.99. The highest BCUT2D eigenvalue weighted by Gasteiger charge is 2.34. The monoisotopic (exact) mass is 330 g/mol. The molecule has 0 aromatic heterocycles. The fourth-order valence-corrected chi connectivity index (χ4v) is 2.07. The van der Waals surface area contributed by atoms with Crippen molar-refractivity contribution in [2.45, 2.75) is 13.1 Å². The summed E-state index contributed by atoms with van der Waals surface area (Å²) in [5, 5.41) is 9.08. The second-order valence-corrected chi connectivity index (χ2v) is 3.99. The van der Waals surface area contributed by atoms with Crippen LogP contribution in [-0.2, 0) is 6.18 Å². The summed E-state index contributed by atoms with van der Waals surface area (Å²) in [6.07, 6.45) is -4.57. The summed E-state index contributed by atoms with van der Waals surface area (Å²) in [6.45, 7) is 1.15. The zero-order chi connectivity index (χ0) is 11.8. The highest BCUT2D eigenvalue weighted by Crippen LogP contribution is 2.36. The summed E-state index contributed by atoms with van der Waals surface area (Å²) < 4.78 is 37.1. The Morgan fingerprint density at radius 3 is 2.33 bits per heavy atom. The molecule has 0 saturated heterocycles. The van der Waals surface area contributed by atoms with Gasteiger partial charge in [0.1, 0.15) is 5.75 Å². The van der Waals surface area contributed by atoms with Gasteiger partial charge in [0.2, 0.25) is 0 Å². The summed E-state index contributed by atoms with van der Waals surface area (Å²) in [4.78, 5) is 11.0. The van der Waals surface area contributed by atoms with Gasteiger partial charge in [-0.3, -0.25) is 4.79 Å². The van der Waals surface area contributed by atoms with Gasteiger partial charge >= 0.3 is 6.18 Å². The minimum absolute atomic E-state index is 0.122. The average molecular weight is 330 g/mol. The summed E-state index contributed by atoms with van der Waals surface area (Å²) >= 11 is 1.45. The molecule has 0 aliphatic carbocycles. The van der Waals surface area contributed by atoms with Crippen LogP contribution >= 0.6 is 22.6 Å². The Balaban J connectivity index is 3.49. The van der Waals surface area contributed by atoms with E-state index in [1.54, 1.807) is 0 Å². The first-order valence-electron chi connectivity index (χ1n) is 3.84. The summed E-state index contributed by atoms with van der Waals surface area (Å²) in [5.41, 5.74) is -1.11. The number of phenolic OH excluding ortho intramolecular Hbond substituents is 1. The molecule has 0 aliphatic heterocycles. The number of rotatable bonds is 1. The molecule has 0 atom stereocenters. The van der Waals surface area contributed by atoms with Crippen molar-refractivity contribution in [1.82, 2.24) is 0 Å². The average Bonchev–Trinajstić information content (AvgIpc) is 2.06. The number of benzene rings is 1. The van der Waals surface area contributed by atoms with Crippen LogP contribution in [0.1, 0.15) is 22.8 Å². The standard InChI is InChI=1S/C9H6F3IO2/c1-4(14)6-2-5(15)3-7(8(6)13)9(10,11)12/h2-3,15H,1H3. The van der Waals surface area contributed by atoms with E-state index in [2.05, 4.69) is 0 Å². The van der Waals surface area contributed by atoms with Crippen LogP contribution in [0.2, 0.25) is 0 Å². The van der Waals surface area contributed by atoms with E-state index in [9.17, 15) is 18.0 Å². The first kappa shape index (κ1) is 12.3. The fraction of sp³-hybridized carbons (Fsp3) is 0.222. The minimum Gasteiger partial charge on any atom is -0.508 e. The molecule has 0 bridgehead atoms. The molecule has 0 radical (unpaired) electrons. The number of aromatic hydroxyl groups is 1. The van der Waals surface area contributed by atoms with E-state index in [-0.39, 0.29) is 9.13 Å². The molecule has 0 amide bonds. The number of halogens is 4. The van der Waals surface area contributed by atoms with Crippen LogP contribution < -0.4 is 0 Å². The molecule has 0 aliphatic rings. The van der Waals surface area contributed by atoms with Gasteiger partial charge in [0.25, 0.3) is 0 Å². The Hall–Kier alpha value is -0.790. The van der Waals surface area contributed by atoms with E-state index in [4.69, 9.17) is 5.11 Å². The van der Waals surface area contributed by atoms with Crippen molar-refractivity contribution in [3.8, 4) is 5.75 Å². The quantitative estimate of drug-likeness (QED) is 0.634. The van der Waals surface area contributed by atoms with Gasteiger partial charge in [-0.2, -0.15) is 13.2 Å². The molecular formula is C9H6F3IO2. The lowest BCUT2D eigenvalue weighted by atomic mass is 10.1. The summed E-state index contributed by atoms with van der Waals surface area (Å²) in [7, 11) is 0. The Labute approximate surface area is 97.2 Å². The van der Waals surface area contributed by atoms with Gasteiger partial charge in [-0.05, 0) is 41.6 Å². The number of hydrogen-bond acceptors (Lipinski definition) is 2. The maximum Gasteiger partial charge on any atom is 0.417 e. The first-order chi connectivity index (χ1) is 6.73. The number of phenols is 1. The van der Waals surface area contributed by atoms with E-state index >= 15 is 0 Å². The molecule has 0 heterocycles. The third-order valence-corrected chi connectivity index (χ3v) is 2.90. The summed E-state index contributed by atoms with van der Waals surface area (Å²) in [5.74, 6) is -1.08. The van der Waals surface area contributed by atoms with E-state index in [1.807, 2.05) is 0 Å². The molecule has 1 rings (SSSR count). The zero-order valence-corrected chi connectivity index (χ0v) is 9.68. The maximum absolute atomic E-state index is 12.4. The van der Waals surface area contributed by atoms with Crippen molar-refractivity contribution < 1.29 is 23.1 Å². The topological polar surface area (TPSA) is 37.3 Å². The molecule has 1 aromatic carbocycles. The van der Waals surface area contributed by atoms with Crippen molar-refractivity contribution in [1.29, 1.82) is 0 Å². The van der Waals surface area contributed by atoms with Crippen LogP contribution in [0.15, 0.2) is 12.1 Å². The van der Waals surface area contributed by atoms with Crippen molar-refractivity contribution >= 4 is 28.4 Å². The maximum atomic E-state index is 12.4. The van der Waals surface area contributed by atoms with E-state index in [0.717, 1.165) is 13.0 Å². The lowest BCUT2D eigenvalue weighted by molar-refractivity contribution is -0.138. The SMILES string of the molecule is CC(=O)c1cc(O)cc(C(F)(F)F)c1I. The molecule has 0 saturated carbocycles. The van der Waals surface area contributed by atoms with Crippen molar-refractivity contribution in [3.05, 3.63) is 26.8 Å². The number of carbonyl (C=O) groups excluding carboxylic acids is 1. The van der Waals surface area contributed by atoms with E-state index in [1.165, 1.54) is 22.6 Å². The molecule has 0 spiro atoms. The Morgan fingerprint density at radius 2 is 1.93 bits per heavy atom. The molecule has 15 heavy (non-hydrogen) atoms. The number of ketones is 1. The third-order valence-electron chi connectivity index (χ3n) is 1.74. The van der Waals surface area contributed by atoms with E-state index < -0.39 is 23.3 Å². The molecule has 1 aromatic rings. The van der Waals surface area contributed by atoms with Gasteiger partial charge in [-0.25, -0.2) is 0 Å². The molecule has 6 heteroatoms. The van der Waals surface area contributed by atoms with Crippen molar-refractivity contribution in [3.63, 3.8) is 0 Å². The van der Waals surface area contributed by atoms with Crippen molar-refractivity contribution in [2.75, 3.05) is 0 Å². The Morgan fingerprint density at radius 1 is 1.40 bits per heavy atom. The van der Waals surface area contributed by atoms with Crippen LogP contribution in [0.25, 0.3) is 0 Å². The van der Waals surface area contributed by atoms with Gasteiger partial charge in [-0.1, -0.05) is 0 Å². The molecular weight excluding hydrogens is 324 g/mol. The smallest absolute Gasteiger partial charge is 0.417 e. The van der Waals surface area contributed by atoms with Crippen LogP contribution in [0.5, 0.6) is 5.75 Å². The highest BCUT2D eigenvalue weighted by molar-refractivity contribution is 14.1. The van der Waals surface area contributed by atoms with Crippen LogP contribution in [0.4, 0.5) is 13.2 Å². The van der Waals surface area contributed by atoms with Crippen LogP contribution in [-0.4, -0.2) is 10.9 Å². The lowest BCUT2D eigenvalue weighted by Gasteiger charge is -2.12. The second-order valence-electron chi connectivity index (χ2n) is 2.91. The zero-order valence-electron chi connectivity index (χ0n) is 7.52. The molecule has 2 nitrogen and oxygen atoms in total. The number of Topliss-reactive ketones (excluding diaryl/α,β-unsaturated/α-hetero) is 1. The molecule has 0 fully saturated rings. The van der Waals surface area contributed by atoms with Gasteiger partial charge in [-0.15, -0.1) is 0 Å². The van der Waals surface area contributed by atoms with E-state index in [0.29, 0.717) is 6.07 Å². The molecule has 0 unspecified atom stereocenters. The third kappa shape index (κ3) is 2.61. The number of alkyl halides is 3. The largest absolute Gasteiger partial charge is 0.508 e. The predicted molar refractivity (Wildman–Crippen MR) is 55.8 cm³/mol. The highest BCUT2D eigenvalue weighted by atomic mass is 127. The van der Waals surface area contributed by atoms with Gasteiger partial charge in [0, 0.05) is 9.13 Å². The minimum atomic E-state index is -4.57. The Bertz CT molecular complexity index is 413. The van der Waals surface area contributed by atoms with Gasteiger partial charge in [0.05, 0.1) is 5.56 Å². The number of hydrogen-bond donors (Lipinski definition) is 1. The molecule has 1 N–H and O–H groups in total. The Kier molecular flexibility index (Phi) is 3.27. The predicted octanol–water partition coefficient (Wildman–Crippen LogP) is 3.22. The van der Waals surface area contributed by atoms with Crippen molar-refractivity contribution in [2.24, 2.45) is 0 Å². The number of carbonyl (C=O) groups is 1. The summed E-state index contributed by atoms with van der Waals surface area (Å²) in [6, 6.07) is 1.63.